The standard InChI is InChI=1S/C12H13Cl2NO/c13-10-2-1-7(3-11(10)14)12(6-16)8-4-15-5-9(8)12/h1-3,8-9,15-16H,4-6H2/t8-,9+,12?. The van der Waals surface area contributed by atoms with Crippen molar-refractivity contribution in [1.29, 1.82) is 0 Å². The predicted octanol–water partition coefficient (Wildman–Crippen LogP) is 2.07. The number of benzene rings is 1. The van der Waals surface area contributed by atoms with Crippen molar-refractivity contribution in [2.75, 3.05) is 19.7 Å². The molecule has 4 heteroatoms. The molecule has 2 N–H and O–H groups in total. The fourth-order valence-corrected chi connectivity index (χ4v) is 3.49. The van der Waals surface area contributed by atoms with Crippen LogP contribution in [0.4, 0.5) is 0 Å². The molecule has 1 saturated heterocycles. The molecule has 0 radical (unpaired) electrons. The van der Waals surface area contributed by atoms with Crippen LogP contribution in [-0.4, -0.2) is 24.8 Å². The summed E-state index contributed by atoms with van der Waals surface area (Å²) in [6.07, 6.45) is 0. The molecule has 2 nitrogen and oxygen atoms in total. The smallest absolute Gasteiger partial charge is 0.0595 e. The van der Waals surface area contributed by atoms with E-state index in [1.54, 1.807) is 0 Å². The number of hydrogen-bond donors (Lipinski definition) is 2. The van der Waals surface area contributed by atoms with E-state index in [-0.39, 0.29) is 12.0 Å². The average molecular weight is 258 g/mol. The second-order valence-electron chi connectivity index (χ2n) is 4.70. The minimum absolute atomic E-state index is 0.0700. The maximum absolute atomic E-state index is 9.67. The van der Waals surface area contributed by atoms with Gasteiger partial charge in [-0.05, 0) is 42.6 Å². The van der Waals surface area contributed by atoms with Gasteiger partial charge in [0.1, 0.15) is 0 Å². The fourth-order valence-electron chi connectivity index (χ4n) is 3.19. The van der Waals surface area contributed by atoms with Gasteiger partial charge in [0.2, 0.25) is 0 Å². The first-order valence-electron chi connectivity index (χ1n) is 5.47. The second kappa shape index (κ2) is 3.61. The molecule has 1 saturated carbocycles. The van der Waals surface area contributed by atoms with Crippen LogP contribution in [0.15, 0.2) is 18.2 Å². The molecule has 1 aliphatic carbocycles. The Bertz CT molecular complexity index is 425. The summed E-state index contributed by atoms with van der Waals surface area (Å²) in [6, 6.07) is 5.71. The van der Waals surface area contributed by atoms with Gasteiger partial charge in [-0.1, -0.05) is 29.3 Å². The van der Waals surface area contributed by atoms with E-state index in [0.717, 1.165) is 18.7 Å². The van der Waals surface area contributed by atoms with Crippen molar-refractivity contribution in [2.24, 2.45) is 11.8 Å². The molecule has 1 unspecified atom stereocenters. The minimum atomic E-state index is -0.0700. The highest BCUT2D eigenvalue weighted by Gasteiger charge is 2.66. The lowest BCUT2D eigenvalue weighted by Crippen LogP contribution is -2.28. The summed E-state index contributed by atoms with van der Waals surface area (Å²) in [7, 11) is 0. The fraction of sp³-hybridized carbons (Fsp3) is 0.500. The highest BCUT2D eigenvalue weighted by molar-refractivity contribution is 6.42. The zero-order valence-electron chi connectivity index (χ0n) is 8.71. The van der Waals surface area contributed by atoms with Gasteiger partial charge < -0.3 is 10.4 Å². The number of hydrogen-bond acceptors (Lipinski definition) is 2. The van der Waals surface area contributed by atoms with Crippen LogP contribution in [0.3, 0.4) is 0 Å². The van der Waals surface area contributed by atoms with Crippen LogP contribution in [-0.2, 0) is 5.41 Å². The molecule has 86 valence electrons. The maximum atomic E-state index is 9.67. The lowest BCUT2D eigenvalue weighted by molar-refractivity contribution is 0.232. The van der Waals surface area contributed by atoms with Gasteiger partial charge in [0.25, 0.3) is 0 Å². The van der Waals surface area contributed by atoms with E-state index in [9.17, 15) is 5.11 Å². The number of piperidine rings is 1. The third kappa shape index (κ3) is 1.28. The van der Waals surface area contributed by atoms with E-state index in [1.807, 2.05) is 18.2 Å². The average Bonchev–Trinajstić information content (AvgIpc) is 2.68. The summed E-state index contributed by atoms with van der Waals surface area (Å²) < 4.78 is 0. The molecule has 2 fully saturated rings. The van der Waals surface area contributed by atoms with Crippen LogP contribution in [0, 0.1) is 11.8 Å². The maximum Gasteiger partial charge on any atom is 0.0595 e. The van der Waals surface area contributed by atoms with E-state index in [1.165, 1.54) is 0 Å². The first kappa shape index (κ1) is 10.8. The summed E-state index contributed by atoms with van der Waals surface area (Å²) in [5, 5.41) is 14.2. The molecule has 16 heavy (non-hydrogen) atoms. The van der Waals surface area contributed by atoms with Crippen LogP contribution in [0.5, 0.6) is 0 Å². The largest absolute Gasteiger partial charge is 0.395 e. The van der Waals surface area contributed by atoms with Crippen LogP contribution >= 0.6 is 23.2 Å². The van der Waals surface area contributed by atoms with Crippen LogP contribution in [0.25, 0.3) is 0 Å². The molecule has 0 spiro atoms. The van der Waals surface area contributed by atoms with E-state index in [4.69, 9.17) is 23.2 Å². The Balaban J connectivity index is 2.00. The summed E-state index contributed by atoms with van der Waals surface area (Å²) in [5.41, 5.74) is 1.06. The lowest BCUT2D eigenvalue weighted by atomic mass is 9.91. The van der Waals surface area contributed by atoms with Gasteiger partial charge in [0.05, 0.1) is 16.7 Å². The van der Waals surface area contributed by atoms with Crippen molar-refractivity contribution in [3.63, 3.8) is 0 Å². The van der Waals surface area contributed by atoms with Gasteiger partial charge in [-0.15, -0.1) is 0 Å². The SMILES string of the molecule is OCC1(c2ccc(Cl)c(Cl)c2)[C@@H]2CNC[C@@H]21. The summed E-state index contributed by atoms with van der Waals surface area (Å²) in [5.74, 6) is 1.10. The Kier molecular flexibility index (Phi) is 2.44. The molecule has 3 atom stereocenters. The quantitative estimate of drug-likeness (QED) is 0.851. The Hall–Kier alpha value is -0.280. The van der Waals surface area contributed by atoms with E-state index < -0.39 is 0 Å². The second-order valence-corrected chi connectivity index (χ2v) is 5.51. The van der Waals surface area contributed by atoms with Crippen molar-refractivity contribution in [1.82, 2.24) is 5.32 Å². The van der Waals surface area contributed by atoms with Gasteiger partial charge in [-0.2, -0.15) is 0 Å². The zero-order chi connectivity index (χ0) is 11.3. The Morgan fingerprint density at radius 1 is 1.25 bits per heavy atom. The molecule has 0 bridgehead atoms. The Morgan fingerprint density at radius 3 is 2.50 bits per heavy atom. The van der Waals surface area contributed by atoms with Crippen LogP contribution < -0.4 is 5.32 Å². The van der Waals surface area contributed by atoms with E-state index >= 15 is 0 Å². The molecule has 1 aromatic rings. The highest BCUT2D eigenvalue weighted by Crippen LogP contribution is 2.61. The number of fused-ring (bicyclic) bond motifs is 1. The van der Waals surface area contributed by atoms with Crippen molar-refractivity contribution in [3.05, 3.63) is 33.8 Å². The van der Waals surface area contributed by atoms with Gasteiger partial charge in [-0.25, -0.2) is 0 Å². The number of halogens is 2. The first-order chi connectivity index (χ1) is 7.70. The van der Waals surface area contributed by atoms with Crippen LogP contribution in [0.1, 0.15) is 5.56 Å². The molecule has 1 aliphatic heterocycles. The molecule has 2 aliphatic rings. The molecule has 3 rings (SSSR count). The molecular formula is C12H13Cl2NO. The summed E-state index contributed by atoms with van der Waals surface area (Å²) >= 11 is 11.9. The van der Waals surface area contributed by atoms with E-state index in [2.05, 4.69) is 5.32 Å². The van der Waals surface area contributed by atoms with Gasteiger partial charge in [0.15, 0.2) is 0 Å². The van der Waals surface area contributed by atoms with Gasteiger partial charge in [-0.3, -0.25) is 0 Å². The van der Waals surface area contributed by atoms with Crippen molar-refractivity contribution >= 4 is 23.2 Å². The molecule has 0 amide bonds. The van der Waals surface area contributed by atoms with E-state index in [0.29, 0.717) is 21.9 Å². The highest BCUT2D eigenvalue weighted by atomic mass is 35.5. The molecule has 1 heterocycles. The molecule has 0 aromatic heterocycles. The zero-order valence-corrected chi connectivity index (χ0v) is 10.2. The van der Waals surface area contributed by atoms with Crippen LogP contribution in [0.2, 0.25) is 10.0 Å². The number of nitrogens with one attached hydrogen (secondary N) is 1. The van der Waals surface area contributed by atoms with Gasteiger partial charge >= 0.3 is 0 Å². The number of aliphatic hydroxyl groups excluding tert-OH is 1. The van der Waals surface area contributed by atoms with Crippen molar-refractivity contribution < 1.29 is 5.11 Å². The third-order valence-electron chi connectivity index (χ3n) is 4.15. The normalized spacial score (nSPS) is 36.2. The monoisotopic (exact) mass is 257 g/mol. The summed E-state index contributed by atoms with van der Waals surface area (Å²) in [6.45, 7) is 2.18. The van der Waals surface area contributed by atoms with Crippen molar-refractivity contribution in [3.8, 4) is 0 Å². The number of rotatable bonds is 2. The van der Waals surface area contributed by atoms with Gasteiger partial charge in [0, 0.05) is 5.41 Å². The Labute approximate surface area is 105 Å². The number of aliphatic hydroxyl groups is 1. The lowest BCUT2D eigenvalue weighted by Gasteiger charge is -2.19. The first-order valence-corrected chi connectivity index (χ1v) is 6.23. The predicted molar refractivity (Wildman–Crippen MR) is 65.1 cm³/mol. The minimum Gasteiger partial charge on any atom is -0.395 e. The molecular weight excluding hydrogens is 245 g/mol. The Morgan fingerprint density at radius 2 is 1.94 bits per heavy atom. The van der Waals surface area contributed by atoms with Crippen molar-refractivity contribution in [2.45, 2.75) is 5.41 Å². The topological polar surface area (TPSA) is 32.3 Å². The third-order valence-corrected chi connectivity index (χ3v) is 4.89. The molecule has 1 aromatic carbocycles. The summed E-state index contributed by atoms with van der Waals surface area (Å²) in [4.78, 5) is 0.